The Kier molecular flexibility index (Phi) is 3.82. The molecule has 3 aromatic rings. The first-order valence-electron chi connectivity index (χ1n) is 7.11. The summed E-state index contributed by atoms with van der Waals surface area (Å²) in [5, 5.41) is 10.5. The summed E-state index contributed by atoms with van der Waals surface area (Å²) in [6.45, 7) is 0. The third-order valence-electron chi connectivity index (χ3n) is 3.58. The van der Waals surface area contributed by atoms with E-state index < -0.39 is 7.28 Å². The summed E-state index contributed by atoms with van der Waals surface area (Å²) >= 11 is 0. The van der Waals surface area contributed by atoms with E-state index in [0.29, 0.717) is 0 Å². The molecule has 0 aliphatic rings. The van der Waals surface area contributed by atoms with E-state index in [2.05, 4.69) is 0 Å². The topological polar surface area (TPSA) is 69.9 Å². The van der Waals surface area contributed by atoms with Crippen LogP contribution in [0.4, 0.5) is 0 Å². The minimum atomic E-state index is -4.93. The fraction of sp³-hybridized carbons (Fsp3) is 0. The molecule has 3 rings (SSSR count). The number of rotatable bonds is 4. The Balaban J connectivity index is 2.21. The molecule has 0 aliphatic heterocycles. The van der Waals surface area contributed by atoms with Crippen LogP contribution in [-0.4, -0.2) is 14.9 Å². The van der Waals surface area contributed by atoms with Crippen LogP contribution >= 0.6 is 7.28 Å². The predicted molar refractivity (Wildman–Crippen MR) is 92.2 cm³/mol. The van der Waals surface area contributed by atoms with Crippen LogP contribution in [-0.2, 0) is 0 Å². The number of para-hydroxylation sites is 2. The normalized spacial score (nSPS) is 13.0. The Morgan fingerprint density at radius 2 is 1.04 bits per heavy atom. The fourth-order valence-corrected chi connectivity index (χ4v) is 4.82. The number of hydrogen-bond donors (Lipinski definition) is 3. The number of aromatic hydroxyl groups is 1. The number of benzene rings is 3. The Bertz CT molecular complexity index is 760. The fourth-order valence-electron chi connectivity index (χ4n) is 2.37. The summed E-state index contributed by atoms with van der Waals surface area (Å²) in [4.78, 5) is 22.7. The molecule has 0 unspecified atom stereocenters. The van der Waals surface area contributed by atoms with Crippen LogP contribution in [0.2, 0.25) is 0 Å². The van der Waals surface area contributed by atoms with Crippen LogP contribution < -0.4 is 15.1 Å². The number of phenolic OH excluding ortho intramolecular Hbond substituents is 1. The van der Waals surface area contributed by atoms with Crippen molar-refractivity contribution in [1.29, 1.82) is 0 Å². The van der Waals surface area contributed by atoms with Gasteiger partial charge in [-0.3, -0.25) is 0 Å². The Morgan fingerprint density at radius 3 is 1.52 bits per heavy atom. The summed E-state index contributed by atoms with van der Waals surface area (Å²) in [7, 11) is -4.93. The minimum absolute atomic E-state index is 0.0165. The van der Waals surface area contributed by atoms with Crippen molar-refractivity contribution in [2.24, 2.45) is 0 Å². The molecule has 0 radical (unpaired) electrons. The number of phenols is 1. The van der Waals surface area contributed by atoms with Gasteiger partial charge in [0.05, 0.1) is 0 Å². The van der Waals surface area contributed by atoms with Crippen molar-refractivity contribution in [2.45, 2.75) is 0 Å². The molecule has 3 aromatic carbocycles. The Morgan fingerprint density at radius 1 is 0.609 bits per heavy atom. The molecule has 0 atom stereocenters. The quantitative estimate of drug-likeness (QED) is 0.644. The van der Waals surface area contributed by atoms with Gasteiger partial charge >= 0.3 is 134 Å². The average Bonchev–Trinajstić information content (AvgIpc) is 2.59. The second-order valence-electron chi connectivity index (χ2n) is 5.18. The molecule has 0 aromatic heterocycles. The van der Waals surface area contributed by atoms with E-state index in [-0.39, 0.29) is 22.1 Å². The molecule has 23 heavy (non-hydrogen) atoms. The van der Waals surface area contributed by atoms with Crippen LogP contribution in [0.1, 0.15) is 0 Å². The van der Waals surface area contributed by atoms with Crippen molar-refractivity contribution in [3.05, 3.63) is 84.9 Å². The third kappa shape index (κ3) is 2.80. The molecule has 118 valence electrons. The van der Waals surface area contributed by atoms with Crippen molar-refractivity contribution in [3.63, 3.8) is 0 Å². The van der Waals surface area contributed by atoms with Crippen molar-refractivity contribution in [1.82, 2.24) is 0 Å². The van der Waals surface area contributed by atoms with Crippen molar-refractivity contribution in [3.8, 4) is 11.5 Å². The van der Waals surface area contributed by atoms with Gasteiger partial charge in [0.15, 0.2) is 0 Å². The summed E-state index contributed by atoms with van der Waals surface area (Å²) in [6.07, 6.45) is 0. The molecule has 0 heterocycles. The van der Waals surface area contributed by atoms with Crippen LogP contribution in [0.25, 0.3) is 0 Å². The first-order valence-corrected chi connectivity index (χ1v) is 9.17. The van der Waals surface area contributed by atoms with E-state index >= 15 is 0 Å². The van der Waals surface area contributed by atoms with Gasteiger partial charge in [0.25, 0.3) is 0 Å². The molecule has 0 amide bonds. The van der Waals surface area contributed by atoms with E-state index in [0.717, 1.165) is 0 Å². The summed E-state index contributed by atoms with van der Waals surface area (Å²) in [6, 6.07) is 23.0. The van der Waals surface area contributed by atoms with Crippen molar-refractivity contribution >= 4 is 17.9 Å². The van der Waals surface area contributed by atoms with Gasteiger partial charge in [-0.1, -0.05) is 0 Å². The van der Waals surface area contributed by atoms with E-state index in [4.69, 9.17) is 4.52 Å². The molecule has 0 bridgehead atoms. The second-order valence-corrected chi connectivity index (χ2v) is 8.29. The molecular weight excluding hydrogens is 311 g/mol. The first-order chi connectivity index (χ1) is 11.0. The van der Waals surface area contributed by atoms with Crippen LogP contribution in [0.3, 0.4) is 0 Å². The van der Waals surface area contributed by atoms with Gasteiger partial charge in [-0.05, 0) is 0 Å². The van der Waals surface area contributed by atoms with Gasteiger partial charge in [0.1, 0.15) is 0 Å². The molecule has 0 aliphatic carbocycles. The summed E-state index contributed by atoms with van der Waals surface area (Å²) in [5.74, 6) is -0.140. The zero-order valence-electron chi connectivity index (χ0n) is 12.3. The summed E-state index contributed by atoms with van der Waals surface area (Å²) < 4.78 is 5.68. The van der Waals surface area contributed by atoms with E-state index in [1.807, 2.05) is 0 Å². The molecule has 4 nitrogen and oxygen atoms in total. The standard InChI is InChI=1S/C18H17O4P/c19-17-13-7-8-14-18(17)22-23(20,21,15-9-3-1-4-10-15)16-11-5-2-6-12-16/h1-14,19-21H. The zero-order chi connectivity index (χ0) is 16.4. The molecule has 0 spiro atoms. The van der Waals surface area contributed by atoms with Gasteiger partial charge in [0.2, 0.25) is 0 Å². The maximum absolute atomic E-state index is 11.3. The molecular formula is C18H17O4P. The molecule has 0 saturated carbocycles. The van der Waals surface area contributed by atoms with E-state index in [1.54, 1.807) is 72.8 Å². The Labute approximate surface area is 134 Å². The predicted octanol–water partition coefficient (Wildman–Crippen LogP) is 2.70. The maximum atomic E-state index is 11.3. The monoisotopic (exact) mass is 328 g/mol. The third-order valence-corrected chi connectivity index (χ3v) is 6.58. The van der Waals surface area contributed by atoms with Gasteiger partial charge < -0.3 is 0 Å². The average molecular weight is 328 g/mol. The molecule has 5 heteroatoms. The van der Waals surface area contributed by atoms with E-state index in [9.17, 15) is 14.9 Å². The van der Waals surface area contributed by atoms with Crippen LogP contribution in [0, 0.1) is 0 Å². The second kappa shape index (κ2) is 5.67. The molecule has 3 N–H and O–H groups in total. The van der Waals surface area contributed by atoms with Crippen LogP contribution in [0.5, 0.6) is 11.5 Å². The van der Waals surface area contributed by atoms with Crippen molar-refractivity contribution < 1.29 is 19.4 Å². The van der Waals surface area contributed by atoms with Gasteiger partial charge in [-0.2, -0.15) is 0 Å². The van der Waals surface area contributed by atoms with Gasteiger partial charge in [-0.15, -0.1) is 0 Å². The molecule has 0 saturated heterocycles. The van der Waals surface area contributed by atoms with Gasteiger partial charge in [0, 0.05) is 0 Å². The van der Waals surface area contributed by atoms with Crippen LogP contribution in [0.15, 0.2) is 84.9 Å². The van der Waals surface area contributed by atoms with E-state index in [1.165, 1.54) is 12.1 Å². The summed E-state index contributed by atoms with van der Waals surface area (Å²) in [5.41, 5.74) is 0. The Hall–Kier alpha value is -2.39. The number of hydrogen-bond acceptors (Lipinski definition) is 4. The van der Waals surface area contributed by atoms with Gasteiger partial charge in [-0.25, -0.2) is 0 Å². The first kappa shape index (κ1) is 15.5. The zero-order valence-corrected chi connectivity index (χ0v) is 13.2. The van der Waals surface area contributed by atoms with Crippen molar-refractivity contribution in [2.75, 3.05) is 0 Å². The molecule has 0 fully saturated rings. The SMILES string of the molecule is Oc1ccccc1OP(O)(O)(c1ccccc1)c1ccccc1.